The fourth-order valence-corrected chi connectivity index (χ4v) is 3.48. The lowest BCUT2D eigenvalue weighted by molar-refractivity contribution is 0.0951. The Morgan fingerprint density at radius 1 is 0.781 bits per heavy atom. The lowest BCUT2D eigenvalue weighted by atomic mass is 9.98. The van der Waals surface area contributed by atoms with Crippen molar-refractivity contribution >= 4 is 5.91 Å². The van der Waals surface area contributed by atoms with E-state index in [0.29, 0.717) is 12.1 Å². The molecule has 0 saturated heterocycles. The van der Waals surface area contributed by atoms with E-state index < -0.39 is 0 Å². The van der Waals surface area contributed by atoms with Crippen molar-refractivity contribution in [2.75, 3.05) is 0 Å². The number of aryl methyl sites for hydroxylation is 2. The normalized spacial score (nSPS) is 10.7. The van der Waals surface area contributed by atoms with Gasteiger partial charge in [-0.15, -0.1) is 0 Å². The minimum atomic E-state index is -0.132. The molecule has 5 heteroatoms. The first-order valence-corrected chi connectivity index (χ1v) is 10.9. The number of carbonyl (C=O) groups is 1. The van der Waals surface area contributed by atoms with Crippen LogP contribution in [-0.4, -0.2) is 20.9 Å². The maximum absolute atomic E-state index is 13.0. The van der Waals surface area contributed by atoms with Gasteiger partial charge in [-0.25, -0.2) is 0 Å². The van der Waals surface area contributed by atoms with E-state index in [0.717, 1.165) is 46.5 Å². The van der Waals surface area contributed by atoms with Crippen molar-refractivity contribution in [3.8, 4) is 22.4 Å². The van der Waals surface area contributed by atoms with Crippen molar-refractivity contribution in [2.45, 2.75) is 33.2 Å². The van der Waals surface area contributed by atoms with Crippen LogP contribution in [0.1, 0.15) is 41.0 Å². The van der Waals surface area contributed by atoms with Crippen LogP contribution >= 0.6 is 0 Å². The molecule has 3 heterocycles. The largest absolute Gasteiger partial charge is 0.348 e. The van der Waals surface area contributed by atoms with Gasteiger partial charge in [0, 0.05) is 48.2 Å². The fraction of sp³-hybridized carbons (Fsp3) is 0.185. The fourth-order valence-electron chi connectivity index (χ4n) is 3.48. The zero-order valence-electron chi connectivity index (χ0n) is 18.4. The minimum Gasteiger partial charge on any atom is -0.348 e. The maximum Gasteiger partial charge on any atom is 0.251 e. The Labute approximate surface area is 188 Å². The molecule has 0 aliphatic carbocycles. The molecule has 0 saturated carbocycles. The Morgan fingerprint density at radius 2 is 1.53 bits per heavy atom. The Balaban J connectivity index is 1.64. The second-order valence-electron chi connectivity index (χ2n) is 7.63. The molecule has 1 aromatic carbocycles. The van der Waals surface area contributed by atoms with E-state index >= 15 is 0 Å². The SMILES string of the molecule is CCc1ccc(-c2cc(C(=O)NCc3ccc(CC)nc3)cc(-c3ccncc3)c2)nc1. The summed E-state index contributed by atoms with van der Waals surface area (Å²) in [7, 11) is 0. The minimum absolute atomic E-state index is 0.132. The first-order valence-electron chi connectivity index (χ1n) is 10.9. The summed E-state index contributed by atoms with van der Waals surface area (Å²) in [5.41, 5.74) is 7.47. The number of pyridine rings is 3. The lowest BCUT2D eigenvalue weighted by Crippen LogP contribution is -2.23. The Kier molecular flexibility index (Phi) is 6.66. The number of amides is 1. The molecule has 0 radical (unpaired) electrons. The number of benzene rings is 1. The summed E-state index contributed by atoms with van der Waals surface area (Å²) in [4.78, 5) is 26.2. The van der Waals surface area contributed by atoms with Gasteiger partial charge in [0.15, 0.2) is 0 Å². The monoisotopic (exact) mass is 422 g/mol. The highest BCUT2D eigenvalue weighted by Crippen LogP contribution is 2.27. The molecule has 0 aliphatic heterocycles. The van der Waals surface area contributed by atoms with Crippen LogP contribution in [0.25, 0.3) is 22.4 Å². The predicted octanol–water partition coefficient (Wildman–Crippen LogP) is 5.26. The van der Waals surface area contributed by atoms with Crippen LogP contribution in [0, 0.1) is 0 Å². The van der Waals surface area contributed by atoms with Crippen molar-refractivity contribution in [1.82, 2.24) is 20.3 Å². The first kappa shape index (κ1) is 21.4. The number of carbonyl (C=O) groups excluding carboxylic acids is 1. The summed E-state index contributed by atoms with van der Waals surface area (Å²) < 4.78 is 0. The van der Waals surface area contributed by atoms with Gasteiger partial charge in [0.2, 0.25) is 0 Å². The third-order valence-corrected chi connectivity index (χ3v) is 5.44. The van der Waals surface area contributed by atoms with E-state index in [9.17, 15) is 4.79 Å². The number of hydrogen-bond donors (Lipinski definition) is 1. The molecule has 0 atom stereocenters. The number of rotatable bonds is 7. The lowest BCUT2D eigenvalue weighted by Gasteiger charge is -2.11. The van der Waals surface area contributed by atoms with Crippen molar-refractivity contribution in [3.05, 3.63) is 102 Å². The summed E-state index contributed by atoms with van der Waals surface area (Å²) in [6.45, 7) is 4.60. The van der Waals surface area contributed by atoms with Crippen molar-refractivity contribution in [3.63, 3.8) is 0 Å². The van der Waals surface area contributed by atoms with Crippen molar-refractivity contribution < 1.29 is 4.79 Å². The topological polar surface area (TPSA) is 67.8 Å². The molecule has 160 valence electrons. The number of nitrogens with one attached hydrogen (secondary N) is 1. The Hall–Kier alpha value is -3.86. The van der Waals surface area contributed by atoms with Crippen LogP contribution < -0.4 is 5.32 Å². The van der Waals surface area contributed by atoms with Gasteiger partial charge in [-0.2, -0.15) is 0 Å². The van der Waals surface area contributed by atoms with E-state index in [-0.39, 0.29) is 5.91 Å². The molecule has 0 spiro atoms. The summed E-state index contributed by atoms with van der Waals surface area (Å²) in [5, 5.41) is 3.02. The van der Waals surface area contributed by atoms with Gasteiger partial charge < -0.3 is 5.32 Å². The van der Waals surface area contributed by atoms with Crippen LogP contribution in [0.4, 0.5) is 0 Å². The molecular weight excluding hydrogens is 396 g/mol. The van der Waals surface area contributed by atoms with Gasteiger partial charge in [0.1, 0.15) is 0 Å². The molecule has 32 heavy (non-hydrogen) atoms. The van der Waals surface area contributed by atoms with E-state index in [2.05, 4.69) is 46.2 Å². The molecule has 1 amide bonds. The van der Waals surface area contributed by atoms with Crippen LogP contribution in [-0.2, 0) is 19.4 Å². The predicted molar refractivity (Wildman–Crippen MR) is 127 cm³/mol. The maximum atomic E-state index is 13.0. The van der Waals surface area contributed by atoms with E-state index in [1.807, 2.05) is 54.9 Å². The Morgan fingerprint density at radius 3 is 2.19 bits per heavy atom. The highest BCUT2D eigenvalue weighted by Gasteiger charge is 2.12. The van der Waals surface area contributed by atoms with Crippen LogP contribution in [0.2, 0.25) is 0 Å². The summed E-state index contributed by atoms with van der Waals surface area (Å²) >= 11 is 0. The second-order valence-corrected chi connectivity index (χ2v) is 7.63. The Bertz CT molecular complexity index is 1190. The highest BCUT2D eigenvalue weighted by atomic mass is 16.1. The highest BCUT2D eigenvalue weighted by molar-refractivity contribution is 5.97. The molecule has 0 fully saturated rings. The second kappa shape index (κ2) is 9.96. The van der Waals surface area contributed by atoms with Gasteiger partial charge in [0.05, 0.1) is 5.69 Å². The molecule has 5 nitrogen and oxygen atoms in total. The van der Waals surface area contributed by atoms with E-state index in [1.54, 1.807) is 12.4 Å². The van der Waals surface area contributed by atoms with Crippen molar-refractivity contribution in [2.24, 2.45) is 0 Å². The standard InChI is InChI=1S/C27H26N4O/c1-3-19-6-8-26(30-16-19)23-13-22(21-9-11-28-12-10-21)14-24(15-23)27(32)31-18-20-5-7-25(4-2)29-17-20/h5-17H,3-4,18H2,1-2H3,(H,31,32). The molecule has 1 N–H and O–H groups in total. The molecule has 0 unspecified atom stereocenters. The molecule has 3 aromatic heterocycles. The van der Waals surface area contributed by atoms with E-state index in [4.69, 9.17) is 0 Å². The third kappa shape index (κ3) is 5.06. The van der Waals surface area contributed by atoms with Gasteiger partial charge >= 0.3 is 0 Å². The average molecular weight is 423 g/mol. The summed E-state index contributed by atoms with van der Waals surface area (Å²) in [6.07, 6.45) is 9.04. The van der Waals surface area contributed by atoms with Gasteiger partial charge in [-0.1, -0.05) is 26.0 Å². The van der Waals surface area contributed by atoms with Gasteiger partial charge in [-0.3, -0.25) is 19.7 Å². The zero-order valence-corrected chi connectivity index (χ0v) is 18.4. The number of aromatic nitrogens is 3. The molecule has 0 bridgehead atoms. The average Bonchev–Trinajstić information content (AvgIpc) is 2.88. The van der Waals surface area contributed by atoms with Crippen LogP contribution in [0.3, 0.4) is 0 Å². The van der Waals surface area contributed by atoms with Crippen LogP contribution in [0.15, 0.2) is 79.4 Å². The number of nitrogens with zero attached hydrogens (tertiary/aromatic N) is 3. The smallest absolute Gasteiger partial charge is 0.251 e. The first-order chi connectivity index (χ1) is 15.7. The summed E-state index contributed by atoms with van der Waals surface area (Å²) in [5.74, 6) is -0.132. The molecule has 0 aliphatic rings. The van der Waals surface area contributed by atoms with Gasteiger partial charge in [-0.05, 0) is 77.6 Å². The van der Waals surface area contributed by atoms with Crippen LogP contribution in [0.5, 0.6) is 0 Å². The van der Waals surface area contributed by atoms with Crippen molar-refractivity contribution in [1.29, 1.82) is 0 Å². The third-order valence-electron chi connectivity index (χ3n) is 5.44. The molecular formula is C27H26N4O. The summed E-state index contributed by atoms with van der Waals surface area (Å²) in [6, 6.07) is 17.8. The molecule has 4 aromatic rings. The van der Waals surface area contributed by atoms with E-state index in [1.165, 1.54) is 5.56 Å². The zero-order chi connectivity index (χ0) is 22.3. The molecule has 4 rings (SSSR count). The van der Waals surface area contributed by atoms with Gasteiger partial charge in [0.25, 0.3) is 5.91 Å². The number of hydrogen-bond acceptors (Lipinski definition) is 4. The quantitative estimate of drug-likeness (QED) is 0.441.